The highest BCUT2D eigenvalue weighted by Gasteiger charge is 2.43. The van der Waals surface area contributed by atoms with E-state index in [0.717, 1.165) is 30.2 Å². The Kier molecular flexibility index (Phi) is 3.73. The maximum Gasteiger partial charge on any atom is 0.338 e. The summed E-state index contributed by atoms with van der Waals surface area (Å²) in [6.45, 7) is 0.679. The number of rotatable bonds is 2. The van der Waals surface area contributed by atoms with Gasteiger partial charge >= 0.3 is 5.97 Å². The Morgan fingerprint density at radius 2 is 2.20 bits per heavy atom. The van der Waals surface area contributed by atoms with Gasteiger partial charge in [-0.1, -0.05) is 15.9 Å². The lowest BCUT2D eigenvalue weighted by atomic mass is 9.74. The molecule has 2 fully saturated rings. The third-order valence-corrected chi connectivity index (χ3v) is 4.60. The molecule has 1 aliphatic heterocycles. The van der Waals surface area contributed by atoms with Crippen molar-refractivity contribution in [2.24, 2.45) is 0 Å². The number of carbonyl (C=O) groups excluding carboxylic acids is 1. The second-order valence-electron chi connectivity index (χ2n) is 5.68. The molecule has 3 rings (SSSR count). The van der Waals surface area contributed by atoms with Crippen LogP contribution in [0, 0.1) is 0 Å². The van der Waals surface area contributed by atoms with Crippen LogP contribution in [0.5, 0.6) is 0 Å². The fourth-order valence-electron chi connectivity index (χ4n) is 2.95. The van der Waals surface area contributed by atoms with Crippen LogP contribution in [0.1, 0.15) is 42.5 Å². The van der Waals surface area contributed by atoms with Gasteiger partial charge in [0.05, 0.1) is 17.8 Å². The van der Waals surface area contributed by atoms with Crippen LogP contribution in [-0.4, -0.2) is 24.3 Å². The molecule has 1 aliphatic carbocycles. The molecule has 4 nitrogen and oxygen atoms in total. The lowest BCUT2D eigenvalue weighted by Gasteiger charge is -2.46. The highest BCUT2D eigenvalue weighted by molar-refractivity contribution is 9.10. The van der Waals surface area contributed by atoms with Crippen LogP contribution < -0.4 is 5.73 Å². The second-order valence-corrected chi connectivity index (χ2v) is 6.59. The predicted molar refractivity (Wildman–Crippen MR) is 79.5 cm³/mol. The largest absolute Gasteiger partial charge is 0.459 e. The Morgan fingerprint density at radius 3 is 2.85 bits per heavy atom. The smallest absolute Gasteiger partial charge is 0.338 e. The molecule has 108 valence electrons. The van der Waals surface area contributed by atoms with Crippen molar-refractivity contribution in [3.63, 3.8) is 0 Å². The van der Waals surface area contributed by atoms with Crippen molar-refractivity contribution in [1.82, 2.24) is 0 Å². The zero-order chi connectivity index (χ0) is 14.2. The predicted octanol–water partition coefficient (Wildman–Crippen LogP) is 3.29. The van der Waals surface area contributed by atoms with E-state index in [1.807, 2.05) is 0 Å². The highest BCUT2D eigenvalue weighted by atomic mass is 79.9. The molecule has 0 aromatic heterocycles. The Labute approximate surface area is 126 Å². The van der Waals surface area contributed by atoms with Crippen molar-refractivity contribution in [3.8, 4) is 0 Å². The van der Waals surface area contributed by atoms with Gasteiger partial charge < -0.3 is 15.2 Å². The van der Waals surface area contributed by atoms with E-state index in [0.29, 0.717) is 17.9 Å². The highest BCUT2D eigenvalue weighted by Crippen LogP contribution is 2.43. The number of esters is 1. The summed E-state index contributed by atoms with van der Waals surface area (Å²) in [6.07, 6.45) is 4.94. The number of nitrogen functional groups attached to an aromatic ring is 1. The Bertz CT molecular complexity index is 508. The van der Waals surface area contributed by atoms with E-state index < -0.39 is 0 Å². The Balaban J connectivity index is 1.66. The van der Waals surface area contributed by atoms with Crippen LogP contribution in [0.2, 0.25) is 0 Å². The summed E-state index contributed by atoms with van der Waals surface area (Å²) in [5, 5.41) is 0. The topological polar surface area (TPSA) is 61.6 Å². The standard InChI is InChI=1S/C15H18BrNO3/c16-11-6-10(7-12(17)8-11)14(18)20-13-2-5-19-15(9-13)3-1-4-15/h6-8,13H,1-5,9,17H2. The minimum Gasteiger partial charge on any atom is -0.459 e. The molecule has 1 heterocycles. The van der Waals surface area contributed by atoms with Crippen molar-refractivity contribution in [1.29, 1.82) is 0 Å². The maximum absolute atomic E-state index is 12.2. The first-order valence-corrected chi connectivity index (χ1v) is 7.77. The number of carbonyl (C=O) groups is 1. The molecule has 1 unspecified atom stereocenters. The van der Waals surface area contributed by atoms with Gasteiger partial charge in [-0.3, -0.25) is 0 Å². The summed E-state index contributed by atoms with van der Waals surface area (Å²) >= 11 is 3.34. The number of benzene rings is 1. The minimum absolute atomic E-state index is 0.0144. The van der Waals surface area contributed by atoms with E-state index in [9.17, 15) is 4.79 Å². The minimum atomic E-state index is -0.306. The van der Waals surface area contributed by atoms with Gasteiger partial charge in [0.1, 0.15) is 6.10 Å². The van der Waals surface area contributed by atoms with Crippen LogP contribution in [0.4, 0.5) is 5.69 Å². The summed E-state index contributed by atoms with van der Waals surface area (Å²) in [5.74, 6) is -0.306. The van der Waals surface area contributed by atoms with Crippen molar-refractivity contribution < 1.29 is 14.3 Å². The molecule has 0 bridgehead atoms. The Morgan fingerprint density at radius 1 is 1.40 bits per heavy atom. The molecule has 1 atom stereocenters. The first-order chi connectivity index (χ1) is 9.56. The molecule has 2 N–H and O–H groups in total. The monoisotopic (exact) mass is 339 g/mol. The molecule has 0 amide bonds. The molecule has 2 aliphatic rings. The molecule has 1 aromatic carbocycles. The van der Waals surface area contributed by atoms with Crippen LogP contribution in [0.15, 0.2) is 22.7 Å². The fourth-order valence-corrected chi connectivity index (χ4v) is 3.46. The van der Waals surface area contributed by atoms with Gasteiger partial charge in [0.25, 0.3) is 0 Å². The van der Waals surface area contributed by atoms with Gasteiger partial charge in [-0.25, -0.2) is 4.79 Å². The molecule has 20 heavy (non-hydrogen) atoms. The maximum atomic E-state index is 12.2. The average Bonchev–Trinajstić information content (AvgIpc) is 2.36. The van der Waals surface area contributed by atoms with Gasteiger partial charge in [0.2, 0.25) is 0 Å². The molecular weight excluding hydrogens is 322 g/mol. The van der Waals surface area contributed by atoms with E-state index in [4.69, 9.17) is 15.2 Å². The van der Waals surface area contributed by atoms with Gasteiger partial charge in [0, 0.05) is 23.0 Å². The fraction of sp³-hybridized carbons (Fsp3) is 0.533. The first kappa shape index (κ1) is 13.9. The summed E-state index contributed by atoms with van der Waals surface area (Å²) < 4.78 is 12.2. The van der Waals surface area contributed by atoms with Crippen molar-refractivity contribution in [3.05, 3.63) is 28.2 Å². The lowest BCUT2D eigenvalue weighted by Crippen LogP contribution is -2.48. The zero-order valence-corrected chi connectivity index (χ0v) is 12.8. The molecule has 1 aromatic rings. The zero-order valence-electron chi connectivity index (χ0n) is 11.2. The van der Waals surface area contributed by atoms with Gasteiger partial charge in [0.15, 0.2) is 0 Å². The second kappa shape index (κ2) is 5.37. The molecule has 1 saturated carbocycles. The summed E-state index contributed by atoms with van der Waals surface area (Å²) in [4.78, 5) is 12.2. The van der Waals surface area contributed by atoms with Crippen LogP contribution in [0.25, 0.3) is 0 Å². The normalized spacial score (nSPS) is 24.1. The lowest BCUT2D eigenvalue weighted by molar-refractivity contribution is -0.159. The summed E-state index contributed by atoms with van der Waals surface area (Å²) in [5.41, 5.74) is 6.77. The van der Waals surface area contributed by atoms with Crippen LogP contribution >= 0.6 is 15.9 Å². The van der Waals surface area contributed by atoms with E-state index in [-0.39, 0.29) is 17.7 Å². The molecule has 1 saturated heterocycles. The molecule has 1 spiro atoms. The molecule has 0 radical (unpaired) electrons. The quantitative estimate of drug-likeness (QED) is 0.663. The van der Waals surface area contributed by atoms with Crippen LogP contribution in [0.3, 0.4) is 0 Å². The third kappa shape index (κ3) is 2.83. The number of anilines is 1. The van der Waals surface area contributed by atoms with Crippen molar-refractivity contribution in [2.45, 2.75) is 43.8 Å². The summed E-state index contributed by atoms with van der Waals surface area (Å²) in [6, 6.07) is 5.14. The number of nitrogens with two attached hydrogens (primary N) is 1. The van der Waals surface area contributed by atoms with Crippen molar-refractivity contribution >= 4 is 27.6 Å². The number of ether oxygens (including phenoxy) is 2. The van der Waals surface area contributed by atoms with E-state index >= 15 is 0 Å². The molecule has 5 heteroatoms. The van der Waals surface area contributed by atoms with Gasteiger partial charge in [-0.15, -0.1) is 0 Å². The third-order valence-electron chi connectivity index (χ3n) is 4.14. The summed E-state index contributed by atoms with van der Waals surface area (Å²) in [7, 11) is 0. The number of halogens is 1. The number of hydrogen-bond donors (Lipinski definition) is 1. The molecular formula is C15H18BrNO3. The van der Waals surface area contributed by atoms with E-state index in [1.54, 1.807) is 18.2 Å². The average molecular weight is 340 g/mol. The first-order valence-electron chi connectivity index (χ1n) is 6.97. The van der Waals surface area contributed by atoms with Gasteiger partial charge in [-0.05, 0) is 37.5 Å². The van der Waals surface area contributed by atoms with E-state index in [2.05, 4.69) is 15.9 Å². The Hall–Kier alpha value is -1.07. The van der Waals surface area contributed by atoms with Crippen LogP contribution in [-0.2, 0) is 9.47 Å². The number of hydrogen-bond acceptors (Lipinski definition) is 4. The van der Waals surface area contributed by atoms with E-state index in [1.165, 1.54) is 6.42 Å². The van der Waals surface area contributed by atoms with Crippen molar-refractivity contribution in [2.75, 3.05) is 12.3 Å². The van der Waals surface area contributed by atoms with Gasteiger partial charge in [-0.2, -0.15) is 0 Å². The SMILES string of the molecule is Nc1cc(Br)cc(C(=O)OC2CCOC3(CCC3)C2)c1.